The van der Waals surface area contributed by atoms with E-state index >= 15 is 0 Å². The van der Waals surface area contributed by atoms with E-state index in [0.29, 0.717) is 6.10 Å². The Morgan fingerprint density at radius 3 is 2.80 bits per heavy atom. The van der Waals surface area contributed by atoms with E-state index in [-0.39, 0.29) is 0 Å². The number of rotatable bonds is 1. The fourth-order valence-electron chi connectivity index (χ4n) is 2.41. The second kappa shape index (κ2) is 2.23. The lowest BCUT2D eigenvalue weighted by Crippen LogP contribution is -2.40. The molecule has 2 aliphatic rings. The summed E-state index contributed by atoms with van der Waals surface area (Å²) in [6, 6.07) is 0. The predicted octanol–water partition coefficient (Wildman–Crippen LogP) is 2.07. The minimum absolute atomic E-state index is 0.660. The van der Waals surface area contributed by atoms with E-state index in [1.807, 2.05) is 0 Å². The van der Waals surface area contributed by atoms with Gasteiger partial charge in [-0.15, -0.1) is 0 Å². The van der Waals surface area contributed by atoms with Gasteiger partial charge in [0.2, 0.25) is 0 Å². The third-order valence-corrected chi connectivity index (χ3v) is 3.17. The number of hydrogen-bond acceptors (Lipinski definition) is 1. The van der Waals surface area contributed by atoms with Crippen molar-refractivity contribution in [1.29, 1.82) is 0 Å². The third kappa shape index (κ3) is 0.800. The minimum atomic E-state index is 0.660. The van der Waals surface area contributed by atoms with Crippen LogP contribution in [0, 0.1) is 17.8 Å². The Kier molecular flexibility index (Phi) is 1.48. The van der Waals surface area contributed by atoms with Gasteiger partial charge in [0.15, 0.2) is 0 Å². The van der Waals surface area contributed by atoms with Crippen LogP contribution in [0.3, 0.4) is 0 Å². The molecule has 0 radical (unpaired) electrons. The zero-order valence-corrected chi connectivity index (χ0v) is 6.84. The summed E-state index contributed by atoms with van der Waals surface area (Å²) in [6.07, 6.45) is 3.32. The van der Waals surface area contributed by atoms with E-state index in [0.717, 1.165) is 24.4 Å². The quantitative estimate of drug-likeness (QED) is 0.541. The van der Waals surface area contributed by atoms with Gasteiger partial charge in [-0.2, -0.15) is 0 Å². The van der Waals surface area contributed by atoms with E-state index in [4.69, 9.17) is 4.74 Å². The number of ether oxygens (including phenoxy) is 1. The summed E-state index contributed by atoms with van der Waals surface area (Å²) in [6.45, 7) is 5.69. The Morgan fingerprint density at radius 1 is 1.40 bits per heavy atom. The van der Waals surface area contributed by atoms with Gasteiger partial charge in [0.1, 0.15) is 0 Å². The van der Waals surface area contributed by atoms with Gasteiger partial charge in [0, 0.05) is 6.61 Å². The zero-order valence-electron chi connectivity index (χ0n) is 6.84. The van der Waals surface area contributed by atoms with Crippen LogP contribution in [0.5, 0.6) is 0 Å². The number of fused-ring (bicyclic) bond motifs is 1. The molecule has 1 saturated carbocycles. The summed E-state index contributed by atoms with van der Waals surface area (Å²) in [5, 5.41) is 0. The molecule has 0 N–H and O–H groups in total. The lowest BCUT2D eigenvalue weighted by Gasteiger charge is -2.41. The van der Waals surface area contributed by atoms with Crippen LogP contribution in [-0.4, -0.2) is 12.7 Å². The van der Waals surface area contributed by atoms with Crippen LogP contribution in [0.25, 0.3) is 0 Å². The third-order valence-electron chi connectivity index (χ3n) is 3.17. The molecule has 0 spiro atoms. The molecular weight excluding hydrogens is 124 g/mol. The zero-order chi connectivity index (χ0) is 7.14. The van der Waals surface area contributed by atoms with Gasteiger partial charge in [0.25, 0.3) is 0 Å². The Morgan fingerprint density at radius 2 is 2.20 bits per heavy atom. The molecule has 1 aliphatic heterocycles. The van der Waals surface area contributed by atoms with Crippen molar-refractivity contribution in [3.8, 4) is 0 Å². The van der Waals surface area contributed by atoms with Crippen molar-refractivity contribution < 1.29 is 4.74 Å². The summed E-state index contributed by atoms with van der Waals surface area (Å²) in [5.41, 5.74) is 0. The maximum absolute atomic E-state index is 5.53. The van der Waals surface area contributed by atoms with Crippen LogP contribution in [0.15, 0.2) is 0 Å². The smallest absolute Gasteiger partial charge is 0.0609 e. The van der Waals surface area contributed by atoms with Gasteiger partial charge < -0.3 is 4.74 Å². The molecule has 0 bridgehead atoms. The molecular formula is C9H16O. The van der Waals surface area contributed by atoms with Crippen molar-refractivity contribution in [3.05, 3.63) is 0 Å². The lowest BCUT2D eigenvalue weighted by molar-refractivity contribution is -0.0297. The van der Waals surface area contributed by atoms with Crippen molar-refractivity contribution in [3.63, 3.8) is 0 Å². The normalized spacial score (nSPS) is 45.3. The van der Waals surface area contributed by atoms with Crippen LogP contribution < -0.4 is 0 Å². The molecule has 58 valence electrons. The van der Waals surface area contributed by atoms with Gasteiger partial charge in [-0.25, -0.2) is 0 Å². The minimum Gasteiger partial charge on any atom is -0.378 e. The maximum Gasteiger partial charge on any atom is 0.0609 e. The summed E-state index contributed by atoms with van der Waals surface area (Å²) in [5.74, 6) is 2.79. The van der Waals surface area contributed by atoms with Crippen molar-refractivity contribution in [2.75, 3.05) is 6.61 Å². The Hall–Kier alpha value is -0.0400. The van der Waals surface area contributed by atoms with Gasteiger partial charge in [-0.1, -0.05) is 13.8 Å². The van der Waals surface area contributed by atoms with Crippen molar-refractivity contribution in [1.82, 2.24) is 0 Å². The van der Waals surface area contributed by atoms with Crippen LogP contribution in [0.4, 0.5) is 0 Å². The second-order valence-corrected chi connectivity index (χ2v) is 4.01. The summed E-state index contributed by atoms with van der Waals surface area (Å²) < 4.78 is 5.53. The Balaban J connectivity index is 1.94. The highest BCUT2D eigenvalue weighted by Crippen LogP contribution is 2.46. The fourth-order valence-corrected chi connectivity index (χ4v) is 2.41. The molecule has 1 nitrogen and oxygen atoms in total. The topological polar surface area (TPSA) is 9.23 Å². The van der Waals surface area contributed by atoms with Gasteiger partial charge in [-0.05, 0) is 30.6 Å². The van der Waals surface area contributed by atoms with Crippen LogP contribution in [0.1, 0.15) is 26.7 Å². The second-order valence-electron chi connectivity index (χ2n) is 4.01. The first-order valence-electron chi connectivity index (χ1n) is 4.40. The lowest BCUT2D eigenvalue weighted by atomic mass is 9.66. The maximum atomic E-state index is 5.53. The average molecular weight is 140 g/mol. The average Bonchev–Trinajstić information content (AvgIpc) is 2.11. The molecule has 2 rings (SSSR count). The SMILES string of the molecule is CC(C)[C@@H]1C[C@@H]2OCC[C@@H]21. The monoisotopic (exact) mass is 140 g/mol. The molecule has 1 heteroatoms. The Labute approximate surface area is 62.8 Å². The summed E-state index contributed by atoms with van der Waals surface area (Å²) >= 11 is 0. The molecule has 0 aromatic rings. The van der Waals surface area contributed by atoms with E-state index in [9.17, 15) is 0 Å². The molecule has 0 aromatic carbocycles. The predicted molar refractivity (Wildman–Crippen MR) is 40.8 cm³/mol. The molecule has 3 atom stereocenters. The van der Waals surface area contributed by atoms with E-state index < -0.39 is 0 Å². The molecule has 10 heavy (non-hydrogen) atoms. The van der Waals surface area contributed by atoms with Gasteiger partial charge in [0.05, 0.1) is 6.10 Å². The van der Waals surface area contributed by atoms with Crippen molar-refractivity contribution in [2.45, 2.75) is 32.8 Å². The van der Waals surface area contributed by atoms with Crippen LogP contribution >= 0.6 is 0 Å². The highest BCUT2D eigenvalue weighted by atomic mass is 16.5. The summed E-state index contributed by atoms with van der Waals surface area (Å²) in [7, 11) is 0. The number of hydrogen-bond donors (Lipinski definition) is 0. The molecule has 0 aromatic heterocycles. The van der Waals surface area contributed by atoms with E-state index in [1.54, 1.807) is 0 Å². The first kappa shape index (κ1) is 6.66. The molecule has 1 saturated heterocycles. The molecule has 1 heterocycles. The van der Waals surface area contributed by atoms with E-state index in [1.165, 1.54) is 12.8 Å². The fraction of sp³-hybridized carbons (Fsp3) is 1.00. The van der Waals surface area contributed by atoms with Crippen LogP contribution in [0.2, 0.25) is 0 Å². The first-order valence-corrected chi connectivity index (χ1v) is 4.40. The van der Waals surface area contributed by atoms with Gasteiger partial charge >= 0.3 is 0 Å². The highest BCUT2D eigenvalue weighted by molar-refractivity contribution is 4.94. The van der Waals surface area contributed by atoms with E-state index in [2.05, 4.69) is 13.8 Å². The van der Waals surface area contributed by atoms with Gasteiger partial charge in [-0.3, -0.25) is 0 Å². The molecule has 2 fully saturated rings. The van der Waals surface area contributed by atoms with Crippen molar-refractivity contribution >= 4 is 0 Å². The Bertz CT molecular complexity index is 131. The summed E-state index contributed by atoms with van der Waals surface area (Å²) in [4.78, 5) is 0. The molecule has 1 aliphatic carbocycles. The molecule has 0 unspecified atom stereocenters. The van der Waals surface area contributed by atoms with Crippen LogP contribution in [-0.2, 0) is 4.74 Å². The standard InChI is InChI=1S/C9H16O/c1-6(2)8-5-9-7(8)3-4-10-9/h6-9H,3-5H2,1-2H3/t7-,8+,9+/m1/s1. The van der Waals surface area contributed by atoms with Crippen molar-refractivity contribution in [2.24, 2.45) is 17.8 Å². The molecule has 0 amide bonds. The highest BCUT2D eigenvalue weighted by Gasteiger charge is 2.45. The largest absolute Gasteiger partial charge is 0.378 e. The first-order chi connectivity index (χ1) is 4.79.